The van der Waals surface area contributed by atoms with Crippen LogP contribution in [0.15, 0.2) is 41.3 Å². The lowest BCUT2D eigenvalue weighted by atomic mass is 9.97. The molecular formula is C27H36O6S. The van der Waals surface area contributed by atoms with E-state index in [2.05, 4.69) is 31.4 Å². The van der Waals surface area contributed by atoms with Gasteiger partial charge in [0, 0.05) is 17.7 Å². The Morgan fingerprint density at radius 3 is 2.32 bits per heavy atom. The van der Waals surface area contributed by atoms with Crippen molar-refractivity contribution >= 4 is 23.7 Å². The van der Waals surface area contributed by atoms with Crippen LogP contribution in [0.2, 0.25) is 0 Å². The highest BCUT2D eigenvalue weighted by Gasteiger charge is 2.12. The van der Waals surface area contributed by atoms with Crippen molar-refractivity contribution in [1.82, 2.24) is 0 Å². The summed E-state index contributed by atoms with van der Waals surface area (Å²) < 4.78 is 11.7. The van der Waals surface area contributed by atoms with E-state index in [1.54, 1.807) is 11.8 Å². The fourth-order valence-corrected chi connectivity index (χ4v) is 4.32. The monoisotopic (exact) mass is 488 g/mol. The summed E-state index contributed by atoms with van der Waals surface area (Å²) in [4.78, 5) is 23.0. The average molecular weight is 489 g/mol. The summed E-state index contributed by atoms with van der Waals surface area (Å²) in [7, 11) is 0. The molecule has 0 aliphatic carbocycles. The zero-order valence-corrected chi connectivity index (χ0v) is 21.0. The second kappa shape index (κ2) is 15.3. The van der Waals surface area contributed by atoms with Crippen molar-refractivity contribution in [3.05, 3.63) is 53.1 Å². The van der Waals surface area contributed by atoms with Crippen LogP contribution in [0, 0.1) is 6.92 Å². The van der Waals surface area contributed by atoms with Gasteiger partial charge in [0.05, 0.1) is 13.2 Å². The van der Waals surface area contributed by atoms with Gasteiger partial charge in [-0.05, 0) is 86.2 Å². The molecule has 186 valence electrons. The summed E-state index contributed by atoms with van der Waals surface area (Å²) in [5, 5.41) is 17.9. The van der Waals surface area contributed by atoms with Crippen LogP contribution in [-0.2, 0) is 22.4 Å². The van der Waals surface area contributed by atoms with Gasteiger partial charge in [-0.25, -0.2) is 0 Å². The summed E-state index contributed by atoms with van der Waals surface area (Å²) in [5.41, 5.74) is 3.24. The molecule has 2 N–H and O–H groups in total. The van der Waals surface area contributed by atoms with E-state index in [9.17, 15) is 9.59 Å². The molecule has 0 amide bonds. The lowest BCUT2D eigenvalue weighted by molar-refractivity contribution is -0.138. The molecule has 0 fully saturated rings. The van der Waals surface area contributed by atoms with Gasteiger partial charge in [0.25, 0.3) is 0 Å². The quantitative estimate of drug-likeness (QED) is 0.203. The smallest absolute Gasteiger partial charge is 0.303 e. The molecule has 0 aromatic heterocycles. The van der Waals surface area contributed by atoms with Crippen LogP contribution in [0.1, 0.15) is 61.6 Å². The lowest BCUT2D eigenvalue weighted by Crippen LogP contribution is -2.07. The number of carboxylic acids is 2. The van der Waals surface area contributed by atoms with E-state index < -0.39 is 11.9 Å². The van der Waals surface area contributed by atoms with E-state index >= 15 is 0 Å². The number of hydrogen-bond acceptors (Lipinski definition) is 5. The largest absolute Gasteiger partial charge is 0.494 e. The van der Waals surface area contributed by atoms with Crippen LogP contribution >= 0.6 is 11.8 Å². The Kier molecular flexibility index (Phi) is 12.4. The summed E-state index contributed by atoms with van der Waals surface area (Å²) >= 11 is 1.71. The normalized spacial score (nSPS) is 10.8. The molecule has 6 nitrogen and oxygen atoms in total. The molecule has 2 rings (SSSR count). The minimum absolute atomic E-state index is 0.0387. The van der Waals surface area contributed by atoms with E-state index in [4.69, 9.17) is 19.7 Å². The third kappa shape index (κ3) is 10.5. The van der Waals surface area contributed by atoms with E-state index in [0.717, 1.165) is 49.0 Å². The topological polar surface area (TPSA) is 93.1 Å². The first-order valence-corrected chi connectivity index (χ1v) is 13.1. The maximum atomic E-state index is 11.1. The van der Waals surface area contributed by atoms with E-state index in [1.807, 2.05) is 18.2 Å². The Labute approximate surface area is 206 Å². The lowest BCUT2D eigenvalue weighted by Gasteiger charge is -2.15. The van der Waals surface area contributed by atoms with Gasteiger partial charge in [0.2, 0.25) is 0 Å². The molecule has 7 heteroatoms. The highest BCUT2D eigenvalue weighted by molar-refractivity contribution is 7.98. The highest BCUT2D eigenvalue weighted by atomic mass is 32.2. The molecule has 0 saturated carbocycles. The second-order valence-electron chi connectivity index (χ2n) is 8.33. The van der Waals surface area contributed by atoms with Gasteiger partial charge in [-0.2, -0.15) is 0 Å². The number of benzene rings is 2. The number of carbonyl (C=O) groups is 2. The van der Waals surface area contributed by atoms with Crippen molar-refractivity contribution in [3.63, 3.8) is 0 Å². The van der Waals surface area contributed by atoms with Crippen LogP contribution in [-0.4, -0.2) is 41.6 Å². The summed E-state index contributed by atoms with van der Waals surface area (Å²) in [6.07, 6.45) is 7.96. The number of thioether (sulfide) groups is 1. The molecule has 0 heterocycles. The zero-order valence-electron chi connectivity index (χ0n) is 20.2. The molecule has 2 aromatic rings. The first-order chi connectivity index (χ1) is 16.4. The van der Waals surface area contributed by atoms with Gasteiger partial charge in [-0.3, -0.25) is 9.59 Å². The number of hydrogen-bond donors (Lipinski definition) is 2. The Morgan fingerprint density at radius 1 is 0.853 bits per heavy atom. The SMILES string of the molecule is CSc1cc(C)cc(OCCCCCCc2cccc(OCCCC(=O)O)c2CCC(=O)O)c1. The number of ether oxygens (including phenoxy) is 2. The Bertz CT molecular complexity index is 927. The number of unbranched alkanes of at least 4 members (excludes halogenated alkanes) is 3. The molecule has 2 aromatic carbocycles. The molecule has 0 aliphatic rings. The molecule has 0 radical (unpaired) electrons. The van der Waals surface area contributed by atoms with Gasteiger partial charge >= 0.3 is 11.9 Å². The van der Waals surface area contributed by atoms with Crippen molar-refractivity contribution in [2.45, 2.75) is 69.6 Å². The maximum Gasteiger partial charge on any atom is 0.303 e. The van der Waals surface area contributed by atoms with Crippen molar-refractivity contribution in [2.24, 2.45) is 0 Å². The van der Waals surface area contributed by atoms with Crippen LogP contribution in [0.25, 0.3) is 0 Å². The Balaban J connectivity index is 1.80. The number of aryl methyl sites for hydroxylation is 2. The Morgan fingerprint density at radius 2 is 1.59 bits per heavy atom. The zero-order chi connectivity index (χ0) is 24.8. The van der Waals surface area contributed by atoms with Crippen LogP contribution in [0.5, 0.6) is 11.5 Å². The highest BCUT2D eigenvalue weighted by Crippen LogP contribution is 2.27. The van der Waals surface area contributed by atoms with Gasteiger partial charge < -0.3 is 19.7 Å². The molecule has 0 atom stereocenters. The second-order valence-corrected chi connectivity index (χ2v) is 9.21. The van der Waals surface area contributed by atoms with Crippen LogP contribution < -0.4 is 9.47 Å². The first-order valence-electron chi connectivity index (χ1n) is 11.8. The van der Waals surface area contributed by atoms with Crippen LogP contribution in [0.4, 0.5) is 0 Å². The fourth-order valence-electron chi connectivity index (χ4n) is 3.78. The van der Waals surface area contributed by atoms with Gasteiger partial charge in [-0.1, -0.05) is 25.0 Å². The summed E-state index contributed by atoms with van der Waals surface area (Å²) in [6.45, 7) is 3.07. The molecular weight excluding hydrogens is 452 g/mol. The van der Waals surface area contributed by atoms with Gasteiger partial charge in [-0.15, -0.1) is 11.8 Å². The van der Waals surface area contributed by atoms with E-state index in [1.165, 1.54) is 10.5 Å². The van der Waals surface area contributed by atoms with Gasteiger partial charge in [0.1, 0.15) is 11.5 Å². The standard InChI is InChI=1S/C27H36O6S/c1-20-17-22(19-23(18-20)34-2)32-15-6-4-3-5-9-21-10-7-11-25(24(21)13-14-27(30)31)33-16-8-12-26(28)29/h7,10-11,17-19H,3-6,8-9,12-16H2,1-2H3,(H,28,29)(H,30,31). The summed E-state index contributed by atoms with van der Waals surface area (Å²) in [5.74, 6) is -0.102. The fraction of sp³-hybridized carbons (Fsp3) is 0.481. The van der Waals surface area contributed by atoms with E-state index in [-0.39, 0.29) is 12.8 Å². The van der Waals surface area contributed by atoms with Gasteiger partial charge in [0.15, 0.2) is 0 Å². The maximum absolute atomic E-state index is 11.1. The van der Waals surface area contributed by atoms with Crippen molar-refractivity contribution in [3.8, 4) is 11.5 Å². The number of aliphatic carboxylic acids is 2. The third-order valence-electron chi connectivity index (χ3n) is 5.48. The van der Waals surface area contributed by atoms with Crippen molar-refractivity contribution in [1.29, 1.82) is 0 Å². The predicted octanol–water partition coefficient (Wildman–Crippen LogP) is 6.16. The minimum Gasteiger partial charge on any atom is -0.494 e. The Hall–Kier alpha value is -2.67. The molecule has 34 heavy (non-hydrogen) atoms. The molecule has 0 spiro atoms. The van der Waals surface area contributed by atoms with Crippen LogP contribution in [0.3, 0.4) is 0 Å². The minimum atomic E-state index is -0.850. The van der Waals surface area contributed by atoms with E-state index in [0.29, 0.717) is 31.8 Å². The number of carboxylic acid groups (broad SMARTS) is 2. The third-order valence-corrected chi connectivity index (χ3v) is 6.19. The predicted molar refractivity (Wildman–Crippen MR) is 135 cm³/mol. The van der Waals surface area contributed by atoms with Crippen molar-refractivity contribution in [2.75, 3.05) is 19.5 Å². The molecule has 0 saturated heterocycles. The average Bonchev–Trinajstić information content (AvgIpc) is 2.79. The molecule has 0 aliphatic heterocycles. The number of rotatable bonds is 17. The van der Waals surface area contributed by atoms with Crippen molar-refractivity contribution < 1.29 is 29.3 Å². The first kappa shape index (κ1) is 27.6. The molecule has 0 unspecified atom stereocenters. The molecule has 0 bridgehead atoms. The summed E-state index contributed by atoms with van der Waals surface area (Å²) in [6, 6.07) is 12.1.